The first kappa shape index (κ1) is 30.1. The van der Waals surface area contributed by atoms with Crippen molar-refractivity contribution in [3.63, 3.8) is 0 Å². The first-order valence-electron chi connectivity index (χ1n) is 11.6. The van der Waals surface area contributed by atoms with Gasteiger partial charge in [0, 0.05) is 49.5 Å². The van der Waals surface area contributed by atoms with Gasteiger partial charge in [0.05, 0.1) is 25.1 Å². The molecular formula is C26H33Cl3N4O2S. The fourth-order valence-electron chi connectivity index (χ4n) is 4.32. The van der Waals surface area contributed by atoms with E-state index in [4.69, 9.17) is 9.47 Å². The van der Waals surface area contributed by atoms with Gasteiger partial charge in [-0.1, -0.05) is 12.1 Å². The molecule has 0 spiro atoms. The molecule has 0 aliphatic carbocycles. The van der Waals surface area contributed by atoms with Crippen molar-refractivity contribution in [1.82, 2.24) is 14.3 Å². The van der Waals surface area contributed by atoms with Gasteiger partial charge in [0.15, 0.2) is 4.96 Å². The van der Waals surface area contributed by atoms with Crippen LogP contribution in [-0.4, -0.2) is 60.7 Å². The average molecular weight is 572 g/mol. The number of rotatable bonds is 9. The summed E-state index contributed by atoms with van der Waals surface area (Å²) in [5, 5.41) is 2.05. The minimum absolute atomic E-state index is 0. The summed E-state index contributed by atoms with van der Waals surface area (Å²) < 4.78 is 13.5. The molecule has 0 saturated carbocycles. The fraction of sp³-hybridized carbons (Fsp3) is 0.346. The maximum Gasteiger partial charge on any atom is 0.194 e. The predicted octanol–water partition coefficient (Wildman–Crippen LogP) is 6.32. The molecule has 196 valence electrons. The number of halogens is 3. The first-order valence-corrected chi connectivity index (χ1v) is 12.4. The number of anilines is 1. The predicted molar refractivity (Wildman–Crippen MR) is 157 cm³/mol. The lowest BCUT2D eigenvalue weighted by Gasteiger charge is -2.36. The zero-order chi connectivity index (χ0) is 22.5. The highest BCUT2D eigenvalue weighted by molar-refractivity contribution is 7.15. The molecule has 0 amide bonds. The molecule has 1 aliphatic rings. The van der Waals surface area contributed by atoms with Crippen LogP contribution in [0, 0.1) is 0 Å². The highest BCUT2D eigenvalue weighted by atomic mass is 35.5. The van der Waals surface area contributed by atoms with Gasteiger partial charge in [-0.05, 0) is 55.8 Å². The van der Waals surface area contributed by atoms with Gasteiger partial charge in [-0.2, -0.15) is 0 Å². The maximum absolute atomic E-state index is 5.97. The summed E-state index contributed by atoms with van der Waals surface area (Å²) in [5.74, 6) is 1.88. The summed E-state index contributed by atoms with van der Waals surface area (Å²) in [4.78, 5) is 10.7. The van der Waals surface area contributed by atoms with Crippen molar-refractivity contribution in [1.29, 1.82) is 0 Å². The maximum atomic E-state index is 5.97. The molecule has 1 saturated heterocycles. The molecule has 36 heavy (non-hydrogen) atoms. The molecule has 0 bridgehead atoms. The average Bonchev–Trinajstić information content (AvgIpc) is 3.47. The Balaban J connectivity index is 0.00000152. The second-order valence-corrected chi connectivity index (χ2v) is 9.17. The number of ether oxygens (including phenoxy) is 2. The third kappa shape index (κ3) is 7.20. The van der Waals surface area contributed by atoms with Gasteiger partial charge in [0.1, 0.15) is 11.5 Å². The molecule has 1 fully saturated rings. The first-order chi connectivity index (χ1) is 16.3. The minimum Gasteiger partial charge on any atom is -0.495 e. The van der Waals surface area contributed by atoms with Crippen molar-refractivity contribution in [2.24, 2.45) is 0 Å². The van der Waals surface area contributed by atoms with Crippen LogP contribution in [0.2, 0.25) is 0 Å². The number of hydrogen-bond acceptors (Lipinski definition) is 6. The molecule has 0 atom stereocenters. The smallest absolute Gasteiger partial charge is 0.194 e. The van der Waals surface area contributed by atoms with Crippen LogP contribution in [-0.2, 0) is 0 Å². The van der Waals surface area contributed by atoms with Gasteiger partial charge < -0.3 is 14.4 Å². The largest absolute Gasteiger partial charge is 0.495 e. The summed E-state index contributed by atoms with van der Waals surface area (Å²) in [5.41, 5.74) is 3.32. The van der Waals surface area contributed by atoms with E-state index in [1.54, 1.807) is 18.4 Å². The number of benzene rings is 2. The standard InChI is InChI=1S/C26H30N4O2S.3ClH/c1-31-25-7-3-2-6-24(25)29-15-13-28(14-16-29)12-4-5-18-32-22-10-8-21(9-11-22)23-20-30-17-19-33-26(30)27-23;;;/h2-3,6-11,17,19-20H,4-5,12-16,18H2,1H3;3*1H. The Kier molecular flexibility index (Phi) is 12.1. The number of piperazine rings is 1. The second-order valence-electron chi connectivity index (χ2n) is 8.30. The summed E-state index contributed by atoms with van der Waals surface area (Å²) in [7, 11) is 1.74. The van der Waals surface area contributed by atoms with Gasteiger partial charge in [0.2, 0.25) is 0 Å². The number of unbranched alkanes of at least 4 members (excludes halogenated alkanes) is 1. The molecule has 5 rings (SSSR count). The van der Waals surface area contributed by atoms with Crippen molar-refractivity contribution >= 4 is 59.2 Å². The Labute approximate surface area is 235 Å². The van der Waals surface area contributed by atoms with Crippen LogP contribution >= 0.6 is 48.6 Å². The number of fused-ring (bicyclic) bond motifs is 1. The number of para-hydroxylation sites is 2. The van der Waals surface area contributed by atoms with Crippen molar-refractivity contribution in [3.8, 4) is 22.8 Å². The van der Waals surface area contributed by atoms with E-state index in [9.17, 15) is 0 Å². The molecule has 0 unspecified atom stereocenters. The normalized spacial score (nSPS) is 13.4. The molecule has 1 aliphatic heterocycles. The van der Waals surface area contributed by atoms with Gasteiger partial charge >= 0.3 is 0 Å². The van der Waals surface area contributed by atoms with Crippen molar-refractivity contribution in [2.75, 3.05) is 51.3 Å². The van der Waals surface area contributed by atoms with Crippen LogP contribution in [0.5, 0.6) is 11.5 Å². The zero-order valence-corrected chi connectivity index (χ0v) is 23.5. The van der Waals surface area contributed by atoms with Gasteiger partial charge in [-0.15, -0.1) is 48.6 Å². The van der Waals surface area contributed by atoms with E-state index < -0.39 is 0 Å². The molecule has 3 heterocycles. The molecule has 0 radical (unpaired) electrons. The topological polar surface area (TPSA) is 42.2 Å². The van der Waals surface area contributed by atoms with Crippen molar-refractivity contribution in [2.45, 2.75) is 12.8 Å². The Bertz CT molecular complexity index is 1150. The lowest BCUT2D eigenvalue weighted by Crippen LogP contribution is -2.46. The van der Waals surface area contributed by atoms with E-state index >= 15 is 0 Å². The van der Waals surface area contributed by atoms with Crippen LogP contribution < -0.4 is 14.4 Å². The monoisotopic (exact) mass is 570 g/mol. The van der Waals surface area contributed by atoms with Gasteiger partial charge in [-0.25, -0.2) is 4.98 Å². The Morgan fingerprint density at radius 1 is 0.917 bits per heavy atom. The van der Waals surface area contributed by atoms with Crippen molar-refractivity contribution < 1.29 is 9.47 Å². The zero-order valence-electron chi connectivity index (χ0n) is 20.2. The van der Waals surface area contributed by atoms with Crippen LogP contribution in [0.1, 0.15) is 12.8 Å². The number of methoxy groups -OCH3 is 1. The third-order valence-electron chi connectivity index (χ3n) is 6.18. The van der Waals surface area contributed by atoms with E-state index in [2.05, 4.69) is 49.6 Å². The molecular weight excluding hydrogens is 539 g/mol. The highest BCUT2D eigenvalue weighted by Gasteiger charge is 2.19. The van der Waals surface area contributed by atoms with E-state index in [-0.39, 0.29) is 37.2 Å². The van der Waals surface area contributed by atoms with Crippen LogP contribution in [0.3, 0.4) is 0 Å². The van der Waals surface area contributed by atoms with Crippen LogP contribution in [0.4, 0.5) is 5.69 Å². The Morgan fingerprint density at radius 3 is 2.39 bits per heavy atom. The van der Waals surface area contributed by atoms with E-state index in [0.29, 0.717) is 0 Å². The molecule has 10 heteroatoms. The molecule has 4 aromatic rings. The summed E-state index contributed by atoms with van der Waals surface area (Å²) in [6.45, 7) is 6.13. The summed E-state index contributed by atoms with van der Waals surface area (Å²) >= 11 is 1.65. The summed E-state index contributed by atoms with van der Waals surface area (Å²) in [6, 6.07) is 16.5. The minimum atomic E-state index is 0. The fourth-order valence-corrected chi connectivity index (χ4v) is 5.02. The number of hydrogen-bond donors (Lipinski definition) is 0. The quantitative estimate of drug-likeness (QED) is 0.220. The number of imidazole rings is 1. The molecule has 2 aromatic carbocycles. The number of aromatic nitrogens is 2. The van der Waals surface area contributed by atoms with E-state index in [1.165, 1.54) is 5.69 Å². The summed E-state index contributed by atoms with van der Waals surface area (Å²) in [6.07, 6.45) is 6.32. The van der Waals surface area contributed by atoms with Crippen molar-refractivity contribution in [3.05, 3.63) is 66.3 Å². The number of nitrogens with zero attached hydrogens (tertiary/aromatic N) is 4. The highest BCUT2D eigenvalue weighted by Crippen LogP contribution is 2.28. The molecule has 2 aromatic heterocycles. The van der Waals surface area contributed by atoms with Crippen LogP contribution in [0.15, 0.2) is 66.3 Å². The lowest BCUT2D eigenvalue weighted by atomic mass is 10.1. The van der Waals surface area contributed by atoms with Gasteiger partial charge in [-0.3, -0.25) is 9.30 Å². The third-order valence-corrected chi connectivity index (χ3v) is 6.95. The van der Waals surface area contributed by atoms with Crippen LogP contribution in [0.25, 0.3) is 16.2 Å². The van der Waals surface area contributed by atoms with Gasteiger partial charge in [0.25, 0.3) is 0 Å². The van der Waals surface area contributed by atoms with E-state index in [1.807, 2.05) is 35.8 Å². The van der Waals surface area contributed by atoms with E-state index in [0.717, 1.165) is 79.9 Å². The molecule has 0 N–H and O–H groups in total. The molecule has 6 nitrogen and oxygen atoms in total. The SMILES string of the molecule is COc1ccccc1N1CCN(CCCCOc2ccc(-c3cn4ccsc4n3)cc2)CC1.Cl.Cl.Cl. The Hall–Kier alpha value is -2.16. The second kappa shape index (κ2) is 14.5. The Morgan fingerprint density at radius 2 is 1.67 bits per heavy atom. The number of thiazole rings is 1. The lowest BCUT2D eigenvalue weighted by molar-refractivity contribution is 0.238.